The normalized spacial score (nSPS) is 23.2. The van der Waals surface area contributed by atoms with Gasteiger partial charge in [0.25, 0.3) is 5.91 Å². The number of hydrogen-bond acceptors (Lipinski definition) is 5. The lowest BCUT2D eigenvalue weighted by atomic mass is 9.82. The number of benzene rings is 2. The number of rotatable bonds is 7. The van der Waals surface area contributed by atoms with E-state index in [2.05, 4.69) is 0 Å². The molecule has 0 aliphatic carbocycles. The molecule has 2 aliphatic rings. The summed E-state index contributed by atoms with van der Waals surface area (Å²) in [5, 5.41) is 0. The molecule has 190 valence electrons. The van der Waals surface area contributed by atoms with Crippen LogP contribution in [0.15, 0.2) is 42.5 Å². The Morgan fingerprint density at radius 3 is 2.66 bits per heavy atom. The third kappa shape index (κ3) is 4.66. The molecule has 3 atom stereocenters. The van der Waals surface area contributed by atoms with Crippen LogP contribution in [0.2, 0.25) is 0 Å². The van der Waals surface area contributed by atoms with Crippen LogP contribution in [0.3, 0.4) is 0 Å². The molecule has 2 aliphatic heterocycles. The molecule has 2 unspecified atom stereocenters. The van der Waals surface area contributed by atoms with Crippen LogP contribution >= 0.6 is 0 Å². The standard InChI is InChI=1S/C24H24F5NO5/c1-14(24(28,29)22(26)27)35-18-7-6-15(10-19(18)32-2)21(31)30-9-8-23(20(12-30)33-13-34-23)16-4-3-5-17(25)11-16/h3-7,10-11,14,20,22H,8-9,12-13H2,1-2H3/t14?,20?,23-/m1/s1. The predicted octanol–water partition coefficient (Wildman–Crippen LogP) is 4.62. The number of nitrogens with zero attached hydrogens (tertiary/aromatic N) is 1. The lowest BCUT2D eigenvalue weighted by Gasteiger charge is -2.42. The fraction of sp³-hybridized carbons (Fsp3) is 0.458. The molecule has 0 N–H and O–H groups in total. The van der Waals surface area contributed by atoms with Crippen molar-refractivity contribution in [3.05, 3.63) is 59.4 Å². The Morgan fingerprint density at radius 1 is 1.20 bits per heavy atom. The van der Waals surface area contributed by atoms with E-state index in [-0.39, 0.29) is 42.9 Å². The van der Waals surface area contributed by atoms with Crippen molar-refractivity contribution in [2.24, 2.45) is 0 Å². The number of fused-ring (bicyclic) bond motifs is 1. The molecule has 4 rings (SSSR count). The van der Waals surface area contributed by atoms with Crippen molar-refractivity contribution in [2.45, 2.75) is 43.5 Å². The molecule has 11 heteroatoms. The maximum atomic E-state index is 13.8. The van der Waals surface area contributed by atoms with Gasteiger partial charge in [0.1, 0.15) is 24.3 Å². The topological polar surface area (TPSA) is 57.2 Å². The average molecular weight is 501 g/mol. The second-order valence-corrected chi connectivity index (χ2v) is 8.42. The first kappa shape index (κ1) is 25.2. The van der Waals surface area contributed by atoms with Gasteiger partial charge < -0.3 is 23.8 Å². The highest BCUT2D eigenvalue weighted by Crippen LogP contribution is 2.43. The maximum absolute atomic E-state index is 13.8. The quantitative estimate of drug-likeness (QED) is 0.519. The lowest BCUT2D eigenvalue weighted by molar-refractivity contribution is -0.178. The van der Waals surface area contributed by atoms with E-state index in [1.54, 1.807) is 17.0 Å². The van der Waals surface area contributed by atoms with Gasteiger partial charge in [0, 0.05) is 18.5 Å². The summed E-state index contributed by atoms with van der Waals surface area (Å²) < 4.78 is 88.0. The number of carbonyl (C=O) groups is 1. The molecule has 0 saturated carbocycles. The summed E-state index contributed by atoms with van der Waals surface area (Å²) in [6, 6.07) is 9.93. The number of halogens is 5. The Kier molecular flexibility index (Phi) is 6.92. The third-order valence-electron chi connectivity index (χ3n) is 6.39. The first-order valence-electron chi connectivity index (χ1n) is 10.9. The van der Waals surface area contributed by atoms with E-state index in [0.717, 1.165) is 6.92 Å². The summed E-state index contributed by atoms with van der Waals surface area (Å²) in [7, 11) is 1.24. The minimum atomic E-state index is -4.37. The molecule has 2 fully saturated rings. The van der Waals surface area contributed by atoms with E-state index in [0.29, 0.717) is 12.0 Å². The number of methoxy groups -OCH3 is 1. The van der Waals surface area contributed by atoms with Crippen LogP contribution in [0.4, 0.5) is 22.0 Å². The zero-order chi connectivity index (χ0) is 25.4. The van der Waals surface area contributed by atoms with E-state index in [1.165, 1.54) is 37.4 Å². The Bertz CT molecular complexity index is 1080. The van der Waals surface area contributed by atoms with Gasteiger partial charge in [-0.15, -0.1) is 0 Å². The highest BCUT2D eigenvalue weighted by atomic mass is 19.3. The zero-order valence-corrected chi connectivity index (χ0v) is 19.0. The van der Waals surface area contributed by atoms with Crippen LogP contribution in [-0.4, -0.2) is 62.4 Å². The molecule has 0 aromatic heterocycles. The van der Waals surface area contributed by atoms with Gasteiger partial charge in [-0.05, 0) is 42.8 Å². The van der Waals surface area contributed by atoms with Gasteiger partial charge >= 0.3 is 12.3 Å². The minimum absolute atomic E-state index is 0.00447. The van der Waals surface area contributed by atoms with Crippen LogP contribution in [0.25, 0.3) is 0 Å². The molecule has 0 radical (unpaired) electrons. The molecule has 2 saturated heterocycles. The van der Waals surface area contributed by atoms with Gasteiger partial charge in [-0.25, -0.2) is 13.2 Å². The van der Waals surface area contributed by atoms with Crippen molar-refractivity contribution in [3.8, 4) is 11.5 Å². The van der Waals surface area contributed by atoms with Crippen molar-refractivity contribution < 1.29 is 45.7 Å². The number of hydrogen-bond donors (Lipinski definition) is 0. The molecule has 2 aromatic rings. The second-order valence-electron chi connectivity index (χ2n) is 8.42. The second kappa shape index (κ2) is 9.62. The van der Waals surface area contributed by atoms with Crippen LogP contribution in [0.1, 0.15) is 29.3 Å². The number of ether oxygens (including phenoxy) is 4. The highest BCUT2D eigenvalue weighted by Gasteiger charge is 2.51. The Morgan fingerprint density at radius 2 is 1.97 bits per heavy atom. The van der Waals surface area contributed by atoms with Crippen molar-refractivity contribution in [3.63, 3.8) is 0 Å². The SMILES string of the molecule is COc1cc(C(=O)N2CC[C@]3(c4cccc(F)c4)OCOC3C2)ccc1OC(C)C(F)(F)C(F)F. The summed E-state index contributed by atoms with van der Waals surface area (Å²) in [6.45, 7) is 1.29. The summed E-state index contributed by atoms with van der Waals surface area (Å²) in [5.41, 5.74) is -0.0648. The van der Waals surface area contributed by atoms with E-state index >= 15 is 0 Å². The van der Waals surface area contributed by atoms with Crippen LogP contribution in [0, 0.1) is 5.82 Å². The lowest BCUT2D eigenvalue weighted by Crippen LogP contribution is -2.53. The molecule has 1 amide bonds. The van der Waals surface area contributed by atoms with E-state index in [1.807, 2.05) is 0 Å². The Hall–Kier alpha value is -2.92. The number of piperidine rings is 1. The first-order valence-corrected chi connectivity index (χ1v) is 10.9. The van der Waals surface area contributed by atoms with Crippen molar-refractivity contribution in [2.75, 3.05) is 27.0 Å². The molecule has 0 spiro atoms. The van der Waals surface area contributed by atoms with Crippen LogP contribution in [-0.2, 0) is 15.1 Å². The highest BCUT2D eigenvalue weighted by molar-refractivity contribution is 5.95. The molecule has 2 heterocycles. The van der Waals surface area contributed by atoms with Gasteiger partial charge in [0.05, 0.1) is 13.7 Å². The summed E-state index contributed by atoms with van der Waals surface area (Å²) in [6.07, 6.45) is -6.19. The van der Waals surface area contributed by atoms with Gasteiger partial charge in [-0.2, -0.15) is 8.78 Å². The predicted molar refractivity (Wildman–Crippen MR) is 113 cm³/mol. The first-order chi connectivity index (χ1) is 16.6. The molecular weight excluding hydrogens is 477 g/mol. The summed E-state index contributed by atoms with van der Waals surface area (Å²) in [5.74, 6) is -5.42. The van der Waals surface area contributed by atoms with Gasteiger partial charge in [-0.3, -0.25) is 4.79 Å². The number of likely N-dealkylation sites (tertiary alicyclic amines) is 1. The smallest absolute Gasteiger partial charge is 0.342 e. The monoisotopic (exact) mass is 501 g/mol. The molecule has 2 aromatic carbocycles. The molecule has 6 nitrogen and oxygen atoms in total. The van der Waals surface area contributed by atoms with Gasteiger partial charge in [-0.1, -0.05) is 12.1 Å². The fourth-order valence-electron chi connectivity index (χ4n) is 4.35. The Labute approximate surface area is 198 Å². The zero-order valence-electron chi connectivity index (χ0n) is 19.0. The van der Waals surface area contributed by atoms with Crippen LogP contribution < -0.4 is 9.47 Å². The van der Waals surface area contributed by atoms with Crippen molar-refractivity contribution in [1.82, 2.24) is 4.90 Å². The van der Waals surface area contributed by atoms with Gasteiger partial charge in [0.2, 0.25) is 0 Å². The largest absolute Gasteiger partial charge is 0.493 e. The van der Waals surface area contributed by atoms with E-state index < -0.39 is 36.0 Å². The Balaban J connectivity index is 1.50. The maximum Gasteiger partial charge on any atom is 0.342 e. The third-order valence-corrected chi connectivity index (χ3v) is 6.39. The fourth-order valence-corrected chi connectivity index (χ4v) is 4.35. The summed E-state index contributed by atoms with van der Waals surface area (Å²) >= 11 is 0. The van der Waals surface area contributed by atoms with Gasteiger partial charge in [0.15, 0.2) is 17.6 Å². The van der Waals surface area contributed by atoms with Crippen molar-refractivity contribution in [1.29, 1.82) is 0 Å². The molecule has 0 bridgehead atoms. The molecule has 35 heavy (non-hydrogen) atoms. The van der Waals surface area contributed by atoms with Crippen LogP contribution in [0.5, 0.6) is 11.5 Å². The minimum Gasteiger partial charge on any atom is -0.493 e. The van der Waals surface area contributed by atoms with E-state index in [9.17, 15) is 26.7 Å². The number of alkyl halides is 4. The van der Waals surface area contributed by atoms with E-state index in [4.69, 9.17) is 18.9 Å². The summed E-state index contributed by atoms with van der Waals surface area (Å²) in [4.78, 5) is 14.7. The number of carbonyl (C=O) groups excluding carboxylic acids is 1. The molecular formula is C24H24F5NO5. The average Bonchev–Trinajstić information content (AvgIpc) is 3.28. The number of amides is 1. The van der Waals surface area contributed by atoms with Crippen molar-refractivity contribution >= 4 is 5.91 Å².